The first-order chi connectivity index (χ1) is 30.2. The molecule has 0 fully saturated rings. The van der Waals surface area contributed by atoms with Crippen LogP contribution in [0.5, 0.6) is 0 Å². The summed E-state index contributed by atoms with van der Waals surface area (Å²) in [5, 5.41) is 12.6. The molecule has 0 saturated carbocycles. The standard InChI is InChI=1S/C43H54N12O6S/c1-25(54-55-29(23-56)19-27-21-48-32-14-7-5-12-30(27)32)39(58)51-35(18-26-10-3-2-4-11-26)41(60)50-34(16-9-17-47-43(45)46)40(59)52-36(42(61)53-37(24-62)38(44)57)20-28-22-49-33-15-8-6-13-31(28)33/h2-8,10-15,21-23,25,29,34-37,48-49,54-55,62H,9,16-20,24H2,1H3,(H2,44,57)(H,50,60)(H,51,58)(H,52,59)(H,53,61)(H4,45,46,47)/t25-,29-,34-,35?,36?,37-/m0/s1/i23D. The number of hydrogen-bond acceptors (Lipinski definition) is 10. The number of carbonyl (C=O) groups is 6. The Labute approximate surface area is 365 Å². The van der Waals surface area contributed by atoms with Gasteiger partial charge in [-0.2, -0.15) is 12.6 Å². The summed E-state index contributed by atoms with van der Waals surface area (Å²) in [6.45, 7) is 1.64. The number of thiol groups is 1. The minimum absolute atomic E-state index is 0.00558. The molecular formula is C43H54N12O6S. The van der Waals surface area contributed by atoms with Crippen molar-refractivity contribution in [2.24, 2.45) is 22.2 Å². The van der Waals surface area contributed by atoms with Crippen molar-refractivity contribution in [1.29, 1.82) is 0 Å². The smallest absolute Gasteiger partial charge is 0.243 e. The summed E-state index contributed by atoms with van der Waals surface area (Å²) >= 11 is 4.14. The number of rotatable bonds is 24. The molecular weight excluding hydrogens is 813 g/mol. The lowest BCUT2D eigenvalue weighted by molar-refractivity contribution is -0.134. The monoisotopic (exact) mass is 867 g/mol. The van der Waals surface area contributed by atoms with Gasteiger partial charge in [0.15, 0.2) is 5.96 Å². The van der Waals surface area contributed by atoms with E-state index in [0.717, 1.165) is 27.4 Å². The van der Waals surface area contributed by atoms with E-state index < -0.39 is 72.0 Å². The van der Waals surface area contributed by atoms with E-state index >= 15 is 0 Å². The number of amides is 5. The number of para-hydroxylation sites is 2. The first kappa shape index (κ1) is 44.8. The highest BCUT2D eigenvalue weighted by Gasteiger charge is 2.32. The Hall–Kier alpha value is -6.70. The van der Waals surface area contributed by atoms with E-state index in [1.807, 2.05) is 48.5 Å². The fourth-order valence-electron chi connectivity index (χ4n) is 6.82. The highest BCUT2D eigenvalue weighted by molar-refractivity contribution is 7.80. The molecule has 2 unspecified atom stereocenters. The molecule has 0 aliphatic carbocycles. The van der Waals surface area contributed by atoms with Crippen LogP contribution in [0.15, 0.2) is 96.2 Å². The lowest BCUT2D eigenvalue weighted by atomic mass is 10.0. The zero-order valence-electron chi connectivity index (χ0n) is 35.2. The molecule has 0 spiro atoms. The van der Waals surface area contributed by atoms with Crippen LogP contribution in [0.4, 0.5) is 0 Å². The van der Waals surface area contributed by atoms with Crippen molar-refractivity contribution < 1.29 is 30.1 Å². The van der Waals surface area contributed by atoms with Crippen LogP contribution in [-0.2, 0) is 48.0 Å². The number of nitrogens with one attached hydrogen (secondary N) is 8. The second-order valence-corrected chi connectivity index (χ2v) is 15.1. The van der Waals surface area contributed by atoms with E-state index in [1.54, 1.807) is 42.7 Å². The molecule has 5 amide bonds. The van der Waals surface area contributed by atoms with Gasteiger partial charge in [0.1, 0.15) is 31.8 Å². The number of aliphatic imine (C=N–C) groups is 1. The maximum absolute atomic E-state index is 14.3. The van der Waals surface area contributed by atoms with Crippen LogP contribution in [0.25, 0.3) is 21.8 Å². The Morgan fingerprint density at radius 3 is 1.79 bits per heavy atom. The van der Waals surface area contributed by atoms with E-state index in [2.05, 4.69) is 59.7 Å². The minimum atomic E-state index is -1.26. The molecule has 19 heteroatoms. The van der Waals surface area contributed by atoms with Gasteiger partial charge in [-0.05, 0) is 55.0 Å². The van der Waals surface area contributed by atoms with Crippen LogP contribution in [0, 0.1) is 0 Å². The maximum atomic E-state index is 14.3. The molecule has 0 aliphatic heterocycles. The molecule has 5 rings (SSSR count). The molecule has 0 radical (unpaired) electrons. The van der Waals surface area contributed by atoms with Crippen molar-refractivity contribution in [2.45, 2.75) is 75.3 Å². The summed E-state index contributed by atoms with van der Waals surface area (Å²) < 4.78 is 7.87. The zero-order valence-corrected chi connectivity index (χ0v) is 35.0. The van der Waals surface area contributed by atoms with Gasteiger partial charge in [-0.15, -0.1) is 0 Å². The van der Waals surface area contributed by atoms with E-state index in [1.165, 1.54) is 6.92 Å². The van der Waals surface area contributed by atoms with Gasteiger partial charge in [0.25, 0.3) is 0 Å². The van der Waals surface area contributed by atoms with Gasteiger partial charge in [-0.3, -0.25) is 29.0 Å². The Morgan fingerprint density at radius 1 is 0.694 bits per heavy atom. The van der Waals surface area contributed by atoms with Crippen molar-refractivity contribution in [2.75, 3.05) is 12.3 Å². The lowest BCUT2D eigenvalue weighted by Gasteiger charge is -2.27. The molecule has 328 valence electrons. The minimum Gasteiger partial charge on any atom is -0.370 e. The number of hydrazine groups is 1. The third kappa shape index (κ3) is 13.1. The topological polar surface area (TPSA) is 297 Å². The van der Waals surface area contributed by atoms with Crippen LogP contribution in [-0.4, -0.2) is 100 Å². The molecule has 0 aliphatic rings. The molecule has 2 heterocycles. The second-order valence-electron chi connectivity index (χ2n) is 14.8. The summed E-state index contributed by atoms with van der Waals surface area (Å²) in [5.41, 5.74) is 26.0. The number of benzene rings is 3. The fourth-order valence-corrected chi connectivity index (χ4v) is 7.09. The number of carbonyl (C=O) groups excluding carboxylic acids is 6. The lowest BCUT2D eigenvalue weighted by Crippen LogP contribution is -2.60. The number of hydrogen-bond donors (Lipinski definition) is 12. The summed E-state index contributed by atoms with van der Waals surface area (Å²) in [4.78, 5) is 90.7. The molecule has 5 aromatic rings. The van der Waals surface area contributed by atoms with Gasteiger partial charge in [0.2, 0.25) is 29.5 Å². The summed E-state index contributed by atoms with van der Waals surface area (Å²) in [6.07, 6.45) is 3.01. The van der Waals surface area contributed by atoms with Gasteiger partial charge in [-0.1, -0.05) is 66.7 Å². The molecule has 18 nitrogen and oxygen atoms in total. The molecule has 3 aromatic carbocycles. The Morgan fingerprint density at radius 2 is 1.21 bits per heavy atom. The Kier molecular flexibility index (Phi) is 16.5. The van der Waals surface area contributed by atoms with Crippen LogP contribution in [0.2, 0.25) is 0 Å². The zero-order chi connectivity index (χ0) is 45.5. The Bertz CT molecular complexity index is 2400. The molecule has 62 heavy (non-hydrogen) atoms. The highest BCUT2D eigenvalue weighted by atomic mass is 32.1. The van der Waals surface area contributed by atoms with E-state index in [-0.39, 0.29) is 50.4 Å². The quantitative estimate of drug-likeness (QED) is 0.00995. The fraction of sp³-hybridized carbons (Fsp3) is 0.326. The number of guanidine groups is 1. The number of nitrogens with two attached hydrogens (primary N) is 3. The number of H-pyrrole nitrogens is 2. The Balaban J connectivity index is 1.34. The van der Waals surface area contributed by atoms with Crippen LogP contribution < -0.4 is 49.3 Å². The summed E-state index contributed by atoms with van der Waals surface area (Å²) in [7, 11) is 0. The second kappa shape index (κ2) is 22.8. The van der Waals surface area contributed by atoms with Crippen LogP contribution >= 0.6 is 12.6 Å². The number of aldehydes is 1. The number of fused-ring (bicyclic) bond motifs is 2. The van der Waals surface area contributed by atoms with Crippen LogP contribution in [0.3, 0.4) is 0 Å². The van der Waals surface area contributed by atoms with Gasteiger partial charge >= 0.3 is 0 Å². The molecule has 0 bridgehead atoms. The first-order valence-electron chi connectivity index (χ1n) is 20.6. The van der Waals surface area contributed by atoms with Crippen molar-refractivity contribution >= 4 is 76.2 Å². The van der Waals surface area contributed by atoms with Crippen LogP contribution in [0.1, 0.15) is 37.8 Å². The molecule has 14 N–H and O–H groups in total. The van der Waals surface area contributed by atoms with Gasteiger partial charge < -0.3 is 53.2 Å². The van der Waals surface area contributed by atoms with Crippen molar-refractivity contribution in [1.82, 2.24) is 42.1 Å². The van der Waals surface area contributed by atoms with Crippen molar-refractivity contribution in [3.05, 3.63) is 108 Å². The highest BCUT2D eigenvalue weighted by Crippen LogP contribution is 2.20. The molecule has 2 aromatic heterocycles. The predicted molar refractivity (Wildman–Crippen MR) is 240 cm³/mol. The third-order valence-electron chi connectivity index (χ3n) is 10.2. The molecule has 6 atom stereocenters. The third-order valence-corrected chi connectivity index (χ3v) is 10.5. The summed E-state index contributed by atoms with van der Waals surface area (Å²) in [5.74, 6) is -3.86. The number of primary amides is 1. The normalized spacial score (nSPS) is 14.3. The van der Waals surface area contributed by atoms with E-state index in [9.17, 15) is 28.8 Å². The average molecular weight is 868 g/mol. The number of aromatic amines is 2. The van der Waals surface area contributed by atoms with Gasteiger partial charge in [-0.25, -0.2) is 10.9 Å². The van der Waals surface area contributed by atoms with Crippen molar-refractivity contribution in [3.63, 3.8) is 0 Å². The number of aromatic nitrogens is 2. The van der Waals surface area contributed by atoms with E-state index in [0.29, 0.717) is 11.1 Å². The maximum Gasteiger partial charge on any atom is 0.243 e. The number of nitrogens with zero attached hydrogens (tertiary/aromatic N) is 1. The van der Waals surface area contributed by atoms with Crippen molar-refractivity contribution in [3.8, 4) is 0 Å². The first-order valence-corrected chi connectivity index (χ1v) is 20.7. The van der Waals surface area contributed by atoms with Gasteiger partial charge in [0, 0.05) is 59.3 Å². The van der Waals surface area contributed by atoms with E-state index in [4.69, 9.17) is 18.6 Å². The average Bonchev–Trinajstić information content (AvgIpc) is 3.88. The summed E-state index contributed by atoms with van der Waals surface area (Å²) in [6, 6.07) is 17.0. The predicted octanol–water partition coefficient (Wildman–Crippen LogP) is 0.135. The SMILES string of the molecule is [2H]C(=O)[C@H](Cc1c[nH]c2ccccc12)NN[C@@H](C)C(=O)NC(Cc1ccccc1)C(=O)N[C@@H](CCCN=C(N)N)C(=O)NC(Cc1c[nH]c2ccccc12)C(=O)N[C@@H](CS)C(N)=O. The molecule has 0 saturated heterocycles. The van der Waals surface area contributed by atoms with Gasteiger partial charge in [0.05, 0.1) is 12.1 Å². The largest absolute Gasteiger partial charge is 0.370 e.